The van der Waals surface area contributed by atoms with E-state index in [1.165, 1.54) is 0 Å². The van der Waals surface area contributed by atoms with Gasteiger partial charge in [0, 0.05) is 5.41 Å². The molecule has 0 saturated heterocycles. The van der Waals surface area contributed by atoms with E-state index in [2.05, 4.69) is 0 Å². The maximum absolute atomic E-state index is 10.3. The molecule has 0 aromatic heterocycles. The zero-order chi connectivity index (χ0) is 6.20. The van der Waals surface area contributed by atoms with Gasteiger partial charge in [-0.3, -0.25) is 0 Å². The molecule has 3 nitrogen and oxygen atoms in total. The SMILES string of the molecule is O=S1(=O)C=CC(O)=C1. The Kier molecular flexibility index (Phi) is 0.907. The van der Waals surface area contributed by atoms with E-state index in [9.17, 15) is 8.42 Å². The zero-order valence-electron chi connectivity index (χ0n) is 3.90. The Labute approximate surface area is 46.9 Å². The Hall–Kier alpha value is -0.770. The largest absolute Gasteiger partial charge is 0.507 e. The van der Waals surface area contributed by atoms with Gasteiger partial charge in [0.05, 0.1) is 5.41 Å². The molecule has 44 valence electrons. The molecule has 0 saturated carbocycles. The van der Waals surface area contributed by atoms with E-state index in [0.29, 0.717) is 0 Å². The van der Waals surface area contributed by atoms with Crippen LogP contribution in [0.15, 0.2) is 22.7 Å². The van der Waals surface area contributed by atoms with Gasteiger partial charge < -0.3 is 5.11 Å². The lowest BCUT2D eigenvalue weighted by atomic mass is 10.6. The number of rotatable bonds is 0. The van der Waals surface area contributed by atoms with Crippen molar-refractivity contribution < 1.29 is 13.5 Å². The topological polar surface area (TPSA) is 54.4 Å². The van der Waals surface area contributed by atoms with E-state index < -0.39 is 9.84 Å². The standard InChI is InChI=1S/C4H4O3S/c5-4-1-2-8(6,7)3-4/h1-3,5H. The number of hydrogen-bond acceptors (Lipinski definition) is 3. The Morgan fingerprint density at radius 3 is 2.25 bits per heavy atom. The average molecular weight is 132 g/mol. The van der Waals surface area contributed by atoms with Gasteiger partial charge in [-0.2, -0.15) is 0 Å². The highest BCUT2D eigenvalue weighted by molar-refractivity contribution is 7.97. The molecule has 1 rings (SSSR count). The van der Waals surface area contributed by atoms with Crippen LogP contribution < -0.4 is 0 Å². The molecule has 1 aliphatic rings. The van der Waals surface area contributed by atoms with Crippen LogP contribution >= 0.6 is 0 Å². The van der Waals surface area contributed by atoms with Crippen molar-refractivity contribution in [3.05, 3.63) is 22.7 Å². The van der Waals surface area contributed by atoms with Crippen LogP contribution in [0.1, 0.15) is 0 Å². The van der Waals surface area contributed by atoms with E-state index >= 15 is 0 Å². The molecule has 1 aliphatic heterocycles. The summed E-state index contributed by atoms with van der Waals surface area (Å²) in [6, 6.07) is 0. The van der Waals surface area contributed by atoms with Gasteiger partial charge in [-0.1, -0.05) is 0 Å². The molecule has 0 fully saturated rings. The van der Waals surface area contributed by atoms with Crippen molar-refractivity contribution in [2.45, 2.75) is 0 Å². The summed E-state index contributed by atoms with van der Waals surface area (Å²) in [6.07, 6.45) is 1.13. The maximum atomic E-state index is 10.3. The van der Waals surface area contributed by atoms with E-state index in [4.69, 9.17) is 5.11 Å². The van der Waals surface area contributed by atoms with Crippen molar-refractivity contribution in [2.24, 2.45) is 0 Å². The third kappa shape index (κ3) is 0.894. The Morgan fingerprint density at radius 1 is 1.50 bits per heavy atom. The monoisotopic (exact) mass is 132 g/mol. The third-order valence-corrected chi connectivity index (χ3v) is 1.80. The fraction of sp³-hybridized carbons (Fsp3) is 0. The minimum Gasteiger partial charge on any atom is -0.507 e. The molecule has 4 heteroatoms. The predicted octanol–water partition coefficient (Wildman–Crippen LogP) is 0.328. The van der Waals surface area contributed by atoms with Crippen molar-refractivity contribution in [1.82, 2.24) is 0 Å². The van der Waals surface area contributed by atoms with E-state index in [1.54, 1.807) is 0 Å². The molecular formula is C4H4O3S. The minimum atomic E-state index is -3.19. The molecule has 0 aliphatic carbocycles. The van der Waals surface area contributed by atoms with Gasteiger partial charge in [-0.15, -0.1) is 0 Å². The molecule has 0 spiro atoms. The molecule has 0 amide bonds. The van der Waals surface area contributed by atoms with Crippen molar-refractivity contribution in [1.29, 1.82) is 0 Å². The van der Waals surface area contributed by atoms with Gasteiger partial charge >= 0.3 is 0 Å². The summed E-state index contributed by atoms with van der Waals surface area (Å²) in [6.45, 7) is 0. The second kappa shape index (κ2) is 1.35. The van der Waals surface area contributed by atoms with Crippen molar-refractivity contribution in [3.8, 4) is 0 Å². The molecular weight excluding hydrogens is 128 g/mol. The third-order valence-electron chi connectivity index (χ3n) is 0.713. The smallest absolute Gasteiger partial charge is 0.196 e. The lowest BCUT2D eigenvalue weighted by Gasteiger charge is -1.76. The van der Waals surface area contributed by atoms with E-state index in [0.717, 1.165) is 16.9 Å². The van der Waals surface area contributed by atoms with Crippen molar-refractivity contribution >= 4 is 9.84 Å². The fourth-order valence-corrected chi connectivity index (χ4v) is 1.23. The molecule has 1 N–H and O–H groups in total. The van der Waals surface area contributed by atoms with Gasteiger partial charge in [0.2, 0.25) is 0 Å². The van der Waals surface area contributed by atoms with Gasteiger partial charge in [0.1, 0.15) is 5.76 Å². The molecule has 0 aromatic rings. The van der Waals surface area contributed by atoms with E-state index in [1.807, 2.05) is 0 Å². The van der Waals surface area contributed by atoms with Crippen LogP contribution in [-0.4, -0.2) is 13.5 Å². The molecule has 0 unspecified atom stereocenters. The van der Waals surface area contributed by atoms with Crippen molar-refractivity contribution in [2.75, 3.05) is 0 Å². The second-order valence-corrected chi connectivity index (χ2v) is 3.12. The predicted molar refractivity (Wildman–Crippen MR) is 28.8 cm³/mol. The number of allylic oxidation sites excluding steroid dienone is 1. The Morgan fingerprint density at radius 2 is 2.12 bits per heavy atom. The summed E-state index contributed by atoms with van der Waals surface area (Å²) in [7, 11) is -3.19. The molecule has 0 atom stereocenters. The van der Waals surface area contributed by atoms with Gasteiger partial charge in [0.25, 0.3) is 0 Å². The first kappa shape index (κ1) is 5.37. The van der Waals surface area contributed by atoms with Crippen LogP contribution in [0.3, 0.4) is 0 Å². The van der Waals surface area contributed by atoms with Gasteiger partial charge in [0.15, 0.2) is 9.84 Å². The Bertz CT molecular complexity index is 244. The number of aliphatic hydroxyl groups excluding tert-OH is 1. The van der Waals surface area contributed by atoms with Crippen LogP contribution in [0.2, 0.25) is 0 Å². The van der Waals surface area contributed by atoms with Crippen LogP contribution in [0.5, 0.6) is 0 Å². The summed E-state index contributed by atoms with van der Waals surface area (Å²) in [5.74, 6) is -0.204. The van der Waals surface area contributed by atoms with Crippen LogP contribution in [0, 0.1) is 0 Å². The zero-order valence-corrected chi connectivity index (χ0v) is 4.72. The summed E-state index contributed by atoms with van der Waals surface area (Å²) < 4.78 is 20.6. The average Bonchev–Trinajstić information content (AvgIpc) is 1.82. The summed E-state index contributed by atoms with van der Waals surface area (Å²) in [5.41, 5.74) is 0. The first-order valence-corrected chi connectivity index (χ1v) is 3.55. The highest BCUT2D eigenvalue weighted by atomic mass is 32.2. The minimum absolute atomic E-state index is 0.204. The summed E-state index contributed by atoms with van der Waals surface area (Å²) >= 11 is 0. The summed E-state index contributed by atoms with van der Waals surface area (Å²) in [4.78, 5) is 0. The first-order chi connectivity index (χ1) is 3.60. The maximum Gasteiger partial charge on any atom is 0.196 e. The van der Waals surface area contributed by atoms with Crippen LogP contribution in [-0.2, 0) is 9.84 Å². The molecule has 0 radical (unpaired) electrons. The summed E-state index contributed by atoms with van der Waals surface area (Å²) in [5, 5.41) is 10.2. The fourth-order valence-electron chi connectivity index (χ4n) is 0.411. The second-order valence-electron chi connectivity index (χ2n) is 1.43. The highest BCUT2D eigenvalue weighted by Crippen LogP contribution is 2.08. The van der Waals surface area contributed by atoms with Crippen LogP contribution in [0.4, 0.5) is 0 Å². The lowest BCUT2D eigenvalue weighted by molar-refractivity contribution is 0.435. The molecule has 1 heterocycles. The highest BCUT2D eigenvalue weighted by Gasteiger charge is 2.08. The number of hydrogen-bond donors (Lipinski definition) is 1. The number of sulfone groups is 1. The molecule has 0 aromatic carbocycles. The van der Waals surface area contributed by atoms with Gasteiger partial charge in [-0.05, 0) is 6.08 Å². The quantitative estimate of drug-likeness (QED) is 0.516. The lowest BCUT2D eigenvalue weighted by Crippen LogP contribution is -1.81. The molecule has 8 heavy (non-hydrogen) atoms. The normalized spacial score (nSPS) is 23.2. The van der Waals surface area contributed by atoms with Gasteiger partial charge in [-0.25, -0.2) is 8.42 Å². The van der Waals surface area contributed by atoms with Crippen molar-refractivity contribution in [3.63, 3.8) is 0 Å². The van der Waals surface area contributed by atoms with E-state index in [-0.39, 0.29) is 5.76 Å². The number of aliphatic hydroxyl groups is 1. The van der Waals surface area contributed by atoms with Crippen LogP contribution in [0.25, 0.3) is 0 Å². The molecule has 0 bridgehead atoms. The first-order valence-electron chi connectivity index (χ1n) is 1.94. The Balaban J connectivity index is 3.21.